The van der Waals surface area contributed by atoms with Crippen molar-refractivity contribution in [3.63, 3.8) is 0 Å². The van der Waals surface area contributed by atoms with Gasteiger partial charge in [0.2, 0.25) is 5.91 Å². The number of hydrogen-bond donors (Lipinski definition) is 0. The lowest BCUT2D eigenvalue weighted by molar-refractivity contribution is -0.128. The number of aryl methyl sites for hydroxylation is 2. The SMILES string of the molecule is Cc1cc(C2SCC(=O)N2Cc2cc(F)cc(F)c2)oc1C. The summed E-state index contributed by atoms with van der Waals surface area (Å²) in [6.07, 6.45) is 0. The molecule has 1 saturated heterocycles. The van der Waals surface area contributed by atoms with Crippen molar-refractivity contribution in [2.45, 2.75) is 25.8 Å². The molecule has 0 aliphatic carbocycles. The first-order chi connectivity index (χ1) is 10.4. The summed E-state index contributed by atoms with van der Waals surface area (Å²) in [6, 6.07) is 5.22. The summed E-state index contributed by atoms with van der Waals surface area (Å²) in [6.45, 7) is 3.96. The molecule has 3 nitrogen and oxygen atoms in total. The lowest BCUT2D eigenvalue weighted by atomic mass is 10.2. The van der Waals surface area contributed by atoms with Gasteiger partial charge in [-0.15, -0.1) is 11.8 Å². The summed E-state index contributed by atoms with van der Waals surface area (Å²) >= 11 is 1.46. The highest BCUT2D eigenvalue weighted by atomic mass is 32.2. The standard InChI is InChI=1S/C16H15F2NO2S/c1-9-3-14(21-10(9)2)16-19(15(20)8-22-16)7-11-4-12(17)6-13(18)5-11/h3-6,16H,7-8H2,1-2H3. The molecule has 0 spiro atoms. The second-order valence-corrected chi connectivity index (χ2v) is 6.42. The van der Waals surface area contributed by atoms with Crippen LogP contribution in [0.15, 0.2) is 28.7 Å². The molecule has 3 rings (SSSR count). The number of halogens is 2. The summed E-state index contributed by atoms with van der Waals surface area (Å²) in [4.78, 5) is 13.7. The number of amides is 1. The third kappa shape index (κ3) is 2.88. The number of hydrogen-bond acceptors (Lipinski definition) is 3. The molecule has 6 heteroatoms. The Bertz CT molecular complexity index is 689. The second-order valence-electron chi connectivity index (χ2n) is 5.35. The van der Waals surface area contributed by atoms with E-state index in [0.29, 0.717) is 17.1 Å². The van der Waals surface area contributed by atoms with Gasteiger partial charge in [-0.05, 0) is 43.2 Å². The molecule has 22 heavy (non-hydrogen) atoms. The van der Waals surface area contributed by atoms with E-state index in [9.17, 15) is 13.6 Å². The minimum absolute atomic E-state index is 0.0635. The minimum atomic E-state index is -0.643. The number of carbonyl (C=O) groups is 1. The van der Waals surface area contributed by atoms with E-state index in [4.69, 9.17) is 4.42 Å². The molecule has 1 unspecified atom stereocenters. The fourth-order valence-corrected chi connectivity index (χ4v) is 3.60. The van der Waals surface area contributed by atoms with Gasteiger partial charge in [0.25, 0.3) is 0 Å². The van der Waals surface area contributed by atoms with Gasteiger partial charge < -0.3 is 9.32 Å². The van der Waals surface area contributed by atoms with Gasteiger partial charge in [0.05, 0.1) is 5.75 Å². The first-order valence-electron chi connectivity index (χ1n) is 6.87. The Morgan fingerprint density at radius 3 is 2.50 bits per heavy atom. The van der Waals surface area contributed by atoms with Crippen molar-refractivity contribution >= 4 is 17.7 Å². The van der Waals surface area contributed by atoms with E-state index in [1.54, 1.807) is 4.90 Å². The molecule has 1 atom stereocenters. The summed E-state index contributed by atoms with van der Waals surface area (Å²) in [5.41, 5.74) is 1.45. The van der Waals surface area contributed by atoms with E-state index in [1.165, 1.54) is 23.9 Å². The van der Waals surface area contributed by atoms with E-state index >= 15 is 0 Å². The van der Waals surface area contributed by atoms with Crippen molar-refractivity contribution in [2.75, 3.05) is 5.75 Å². The van der Waals surface area contributed by atoms with Gasteiger partial charge in [-0.3, -0.25) is 4.79 Å². The van der Waals surface area contributed by atoms with Crippen molar-refractivity contribution in [1.82, 2.24) is 4.90 Å². The van der Waals surface area contributed by atoms with Crippen LogP contribution >= 0.6 is 11.8 Å². The normalized spacial score (nSPS) is 18.3. The number of rotatable bonds is 3. The lowest BCUT2D eigenvalue weighted by Gasteiger charge is -2.22. The number of carbonyl (C=O) groups excluding carboxylic acids is 1. The molecule has 0 bridgehead atoms. The Kier molecular flexibility index (Phi) is 3.95. The fourth-order valence-electron chi connectivity index (χ4n) is 2.48. The molecule has 1 fully saturated rings. The smallest absolute Gasteiger partial charge is 0.234 e. The number of furan rings is 1. The van der Waals surface area contributed by atoms with Crippen LogP contribution in [0.1, 0.15) is 28.0 Å². The zero-order chi connectivity index (χ0) is 15.9. The summed E-state index contributed by atoms with van der Waals surface area (Å²) in [5.74, 6) is 0.494. The predicted octanol–water partition coefficient (Wildman–Crippen LogP) is 3.95. The summed E-state index contributed by atoms with van der Waals surface area (Å²) in [7, 11) is 0. The number of nitrogens with zero attached hydrogens (tertiary/aromatic N) is 1. The molecule has 0 N–H and O–H groups in total. The third-order valence-corrected chi connectivity index (χ3v) is 4.89. The lowest BCUT2D eigenvalue weighted by Crippen LogP contribution is -2.27. The molecule has 1 aliphatic heterocycles. The van der Waals surface area contributed by atoms with E-state index < -0.39 is 11.6 Å². The van der Waals surface area contributed by atoms with Crippen LogP contribution in [0.4, 0.5) is 8.78 Å². The Morgan fingerprint density at radius 2 is 1.91 bits per heavy atom. The zero-order valence-electron chi connectivity index (χ0n) is 12.2. The van der Waals surface area contributed by atoms with Crippen molar-refractivity contribution in [2.24, 2.45) is 0 Å². The van der Waals surface area contributed by atoms with Crippen LogP contribution in [0.25, 0.3) is 0 Å². The maximum atomic E-state index is 13.3. The molecule has 1 aliphatic rings. The van der Waals surface area contributed by atoms with Crippen LogP contribution in [-0.4, -0.2) is 16.6 Å². The average Bonchev–Trinajstić information content (AvgIpc) is 2.93. The second kappa shape index (κ2) is 5.76. The van der Waals surface area contributed by atoms with Crippen LogP contribution in [0.3, 0.4) is 0 Å². The molecule has 2 heterocycles. The predicted molar refractivity (Wildman–Crippen MR) is 80.3 cm³/mol. The Labute approximate surface area is 131 Å². The highest BCUT2D eigenvalue weighted by molar-refractivity contribution is 8.00. The van der Waals surface area contributed by atoms with Crippen LogP contribution in [0, 0.1) is 25.5 Å². The quantitative estimate of drug-likeness (QED) is 0.857. The molecular weight excluding hydrogens is 308 g/mol. The van der Waals surface area contributed by atoms with Gasteiger partial charge in [0, 0.05) is 12.6 Å². The van der Waals surface area contributed by atoms with Gasteiger partial charge in [0.1, 0.15) is 28.5 Å². The van der Waals surface area contributed by atoms with Crippen molar-refractivity contribution in [3.05, 3.63) is 58.5 Å². The van der Waals surface area contributed by atoms with Crippen molar-refractivity contribution in [3.8, 4) is 0 Å². The van der Waals surface area contributed by atoms with E-state index in [1.807, 2.05) is 19.9 Å². The number of benzene rings is 1. The van der Waals surface area contributed by atoms with E-state index in [-0.39, 0.29) is 17.8 Å². The van der Waals surface area contributed by atoms with Crippen molar-refractivity contribution in [1.29, 1.82) is 0 Å². The minimum Gasteiger partial charge on any atom is -0.463 e. The molecule has 1 aromatic carbocycles. The van der Waals surface area contributed by atoms with Crippen LogP contribution in [-0.2, 0) is 11.3 Å². The number of thioether (sulfide) groups is 1. The van der Waals surface area contributed by atoms with Gasteiger partial charge in [-0.2, -0.15) is 0 Å². The fraction of sp³-hybridized carbons (Fsp3) is 0.312. The topological polar surface area (TPSA) is 33.5 Å². The van der Waals surface area contributed by atoms with Gasteiger partial charge in [-0.25, -0.2) is 8.78 Å². The summed E-state index contributed by atoms with van der Waals surface area (Å²) < 4.78 is 32.3. The molecule has 0 saturated carbocycles. The molecule has 2 aromatic rings. The molecular formula is C16H15F2NO2S. The Morgan fingerprint density at radius 1 is 1.23 bits per heavy atom. The zero-order valence-corrected chi connectivity index (χ0v) is 13.0. The van der Waals surface area contributed by atoms with Crippen LogP contribution in [0.2, 0.25) is 0 Å². The van der Waals surface area contributed by atoms with Crippen LogP contribution < -0.4 is 0 Å². The third-order valence-electron chi connectivity index (χ3n) is 3.67. The first kappa shape index (κ1) is 15.1. The average molecular weight is 323 g/mol. The first-order valence-corrected chi connectivity index (χ1v) is 7.92. The van der Waals surface area contributed by atoms with Crippen molar-refractivity contribution < 1.29 is 18.0 Å². The highest BCUT2D eigenvalue weighted by Crippen LogP contribution is 2.40. The molecule has 116 valence electrons. The maximum Gasteiger partial charge on any atom is 0.234 e. The molecule has 0 radical (unpaired) electrons. The Balaban J connectivity index is 1.87. The highest BCUT2D eigenvalue weighted by Gasteiger charge is 2.35. The van der Waals surface area contributed by atoms with Crippen LogP contribution in [0.5, 0.6) is 0 Å². The molecule has 1 aromatic heterocycles. The largest absolute Gasteiger partial charge is 0.463 e. The van der Waals surface area contributed by atoms with Gasteiger partial charge in [-0.1, -0.05) is 0 Å². The van der Waals surface area contributed by atoms with E-state index in [0.717, 1.165) is 17.4 Å². The maximum absolute atomic E-state index is 13.3. The Hall–Kier alpha value is -1.82. The summed E-state index contributed by atoms with van der Waals surface area (Å²) in [5, 5.41) is -0.258. The monoisotopic (exact) mass is 323 g/mol. The molecule has 1 amide bonds. The van der Waals surface area contributed by atoms with Gasteiger partial charge in [0.15, 0.2) is 0 Å². The van der Waals surface area contributed by atoms with Gasteiger partial charge >= 0.3 is 0 Å². The van der Waals surface area contributed by atoms with E-state index in [2.05, 4.69) is 0 Å².